The molecule has 0 aromatic carbocycles. The lowest BCUT2D eigenvalue weighted by Crippen LogP contribution is -2.59. The molecule has 0 spiro atoms. The van der Waals surface area contributed by atoms with E-state index < -0.39 is 44.0 Å². The second kappa shape index (κ2) is 26.8. The molecule has 76 heavy (non-hydrogen) atoms. The van der Waals surface area contributed by atoms with Gasteiger partial charge in [0.05, 0.1) is 85.5 Å². The van der Waals surface area contributed by atoms with Crippen molar-refractivity contribution in [3.8, 4) is 0 Å². The lowest BCUT2D eigenvalue weighted by Gasteiger charge is -2.51. The molecule has 15 unspecified atom stereocenters. The predicted molar refractivity (Wildman–Crippen MR) is 293 cm³/mol. The maximum atomic E-state index is 6.97. The van der Waals surface area contributed by atoms with Gasteiger partial charge in [0.25, 0.3) is 0 Å². The van der Waals surface area contributed by atoms with Crippen molar-refractivity contribution in [3.05, 3.63) is 0 Å². The molecule has 0 radical (unpaired) electrons. The fraction of sp³-hybridized carbons (Fsp3) is 1.00. The summed E-state index contributed by atoms with van der Waals surface area (Å²) in [4.78, 5) is 0. The quantitative estimate of drug-likeness (QED) is 0.249. The van der Waals surface area contributed by atoms with Crippen LogP contribution in [0, 0.1) is 82.9 Å². The Bertz CT molecular complexity index is 1420. The zero-order valence-corrected chi connectivity index (χ0v) is 51.8. The van der Waals surface area contributed by atoms with Gasteiger partial charge in [0.1, 0.15) is 0 Å². The zero-order chi connectivity index (χ0) is 55.9. The number of unbranched alkanes of at least 4 members (excludes halogenated alkanes) is 3. The summed E-state index contributed by atoms with van der Waals surface area (Å²) in [5, 5.41) is 0. The van der Waals surface area contributed by atoms with Crippen molar-refractivity contribution in [1.29, 1.82) is 0 Å². The molecule has 21 saturated heterocycles. The largest absolute Gasteiger partial charge is 0.347 e. The van der Waals surface area contributed by atoms with Gasteiger partial charge in [0, 0.05) is 41.4 Å². The van der Waals surface area contributed by atoms with Gasteiger partial charge in [0.2, 0.25) is 0 Å². The lowest BCUT2D eigenvalue weighted by molar-refractivity contribution is -0.364. The van der Waals surface area contributed by atoms with Crippen LogP contribution in [0.4, 0.5) is 0 Å². The SMILES string of the molecule is CC1O[C@@H]2O[C@@H]3C(C)O[C@@H](O[C@@H]4C(C)O[C@H](O[C@@H]5C(C)O[C@H](O[C@@H]6C(C)O[C@@H](O[C@H]7C(C)O[C@@H](O[C@@H]8C(C)O[C@@H](OC1[C@H](C)C2C)C(C)[C@H]8C)C(C)[C@H]7C)C(C)[C@H]6C)C(C)[C@H]5C)C(C)[C@H]4C)[C@@H](C)C3C.CCCCCC. The van der Waals surface area contributed by atoms with E-state index in [1.807, 2.05) is 0 Å². The van der Waals surface area contributed by atoms with Gasteiger partial charge in [-0.3, -0.25) is 0 Å². The molecule has 21 aliphatic rings. The summed E-state index contributed by atoms with van der Waals surface area (Å²) in [7, 11) is 0. The number of ether oxygens (including phenoxy) is 14. The van der Waals surface area contributed by atoms with Crippen LogP contribution in [-0.4, -0.2) is 129 Å². The summed E-state index contributed by atoms with van der Waals surface area (Å²) >= 11 is 0. The van der Waals surface area contributed by atoms with Gasteiger partial charge in [-0.25, -0.2) is 0 Å². The van der Waals surface area contributed by atoms with Gasteiger partial charge in [-0.15, -0.1) is 0 Å². The third-order valence-electron chi connectivity index (χ3n) is 21.1. The highest BCUT2D eigenvalue weighted by atomic mass is 16.8. The third kappa shape index (κ3) is 13.3. The first-order valence-corrected chi connectivity index (χ1v) is 31.0. The smallest absolute Gasteiger partial charge is 0.161 e. The van der Waals surface area contributed by atoms with E-state index in [1.165, 1.54) is 25.7 Å². The molecule has 14 nitrogen and oxygen atoms in total. The number of hydrogen-bond donors (Lipinski definition) is 0. The fourth-order valence-electron chi connectivity index (χ4n) is 14.0. The molecular formula is C62H112O14. The van der Waals surface area contributed by atoms with Crippen LogP contribution in [0.15, 0.2) is 0 Å². The highest BCUT2D eigenvalue weighted by Crippen LogP contribution is 2.47. The van der Waals surface area contributed by atoms with E-state index in [0.29, 0.717) is 0 Å². The predicted octanol–water partition coefficient (Wildman–Crippen LogP) is 12.4. The first kappa shape index (κ1) is 63.0. The molecule has 35 atom stereocenters. The Hall–Kier alpha value is -0.560. The second-order valence-corrected chi connectivity index (χ2v) is 26.4. The molecule has 0 N–H and O–H groups in total. The molecule has 444 valence electrons. The summed E-state index contributed by atoms with van der Waals surface area (Å²) in [6.45, 7) is 50.4. The molecule has 0 amide bonds. The van der Waals surface area contributed by atoms with Crippen LogP contribution in [-0.2, 0) is 66.3 Å². The van der Waals surface area contributed by atoms with Crippen LogP contribution in [0.1, 0.15) is 185 Å². The first-order valence-electron chi connectivity index (χ1n) is 31.0. The van der Waals surface area contributed by atoms with Crippen LogP contribution in [0.3, 0.4) is 0 Å². The van der Waals surface area contributed by atoms with Gasteiger partial charge in [-0.2, -0.15) is 0 Å². The number of rotatable bonds is 3. The minimum atomic E-state index is -0.419. The molecule has 14 bridgehead atoms. The van der Waals surface area contributed by atoms with Gasteiger partial charge >= 0.3 is 0 Å². The van der Waals surface area contributed by atoms with Crippen LogP contribution in [0.25, 0.3) is 0 Å². The van der Waals surface area contributed by atoms with Gasteiger partial charge < -0.3 is 66.3 Å². The van der Waals surface area contributed by atoms with Crippen molar-refractivity contribution >= 4 is 0 Å². The monoisotopic (exact) mass is 1080 g/mol. The Labute approximate surface area is 462 Å². The highest BCUT2D eigenvalue weighted by Gasteiger charge is 2.54. The maximum absolute atomic E-state index is 6.97. The van der Waals surface area contributed by atoms with E-state index in [1.54, 1.807) is 0 Å². The van der Waals surface area contributed by atoms with Crippen molar-refractivity contribution < 1.29 is 66.3 Å². The average molecular weight is 1080 g/mol. The minimum absolute atomic E-state index is 0.0576. The highest BCUT2D eigenvalue weighted by molar-refractivity contribution is 4.96. The maximum Gasteiger partial charge on any atom is 0.161 e. The van der Waals surface area contributed by atoms with Crippen molar-refractivity contribution in [2.75, 3.05) is 0 Å². The van der Waals surface area contributed by atoms with E-state index in [0.717, 1.165) is 0 Å². The van der Waals surface area contributed by atoms with Crippen LogP contribution in [0.5, 0.6) is 0 Å². The molecule has 14 heteroatoms. The van der Waals surface area contributed by atoms with E-state index >= 15 is 0 Å². The molecule has 21 heterocycles. The third-order valence-corrected chi connectivity index (χ3v) is 21.1. The summed E-state index contributed by atoms with van der Waals surface area (Å²) in [5.74, 6) is 1.37. The second-order valence-electron chi connectivity index (χ2n) is 26.4. The molecule has 21 fully saturated rings. The molecule has 0 aromatic heterocycles. The van der Waals surface area contributed by atoms with Crippen LogP contribution >= 0.6 is 0 Å². The van der Waals surface area contributed by atoms with E-state index in [2.05, 4.69) is 159 Å². The average Bonchev–Trinajstić information content (AvgIpc) is 3.37. The standard InChI is InChI=1S/C56H98O14.C6H14/c1-22-29(8)50-57-36(15)43(22)64-51-30(9)23(2)45(38(17)58-51)66-53-32(11)25(4)47(40(19)60-53)68-55-34(13)27(6)49(42(21)62-55)70-56-35(14)28(7)48(41(20)63-56)69-54-33(12)26(5)46(39(18)61-54)67-52-31(10)24(3)44(65-50)37(16)59-52;1-3-5-6-4-2/h22-56H,1-21H3;3-6H2,1-2H3/t22-,23-,24-,25-,26-,27-,28?,29?,30?,31?,32?,33?,34?,35+,36?,37?,38?,39?,40?,41?,42?,43-,44+,45+,46?,47+,48+,49+,50+,51+,52+,53-,54-,55-,56+;/m1./s1. The topological polar surface area (TPSA) is 129 Å². The normalized spacial score (nSPS) is 55.7. The van der Waals surface area contributed by atoms with E-state index in [-0.39, 0.29) is 168 Å². The Morgan fingerprint density at radius 2 is 0.289 bits per heavy atom. The Morgan fingerprint density at radius 3 is 0.395 bits per heavy atom. The zero-order valence-electron chi connectivity index (χ0n) is 51.8. The fourth-order valence-corrected chi connectivity index (χ4v) is 14.0. The van der Waals surface area contributed by atoms with Crippen LogP contribution < -0.4 is 0 Å². The van der Waals surface area contributed by atoms with Crippen molar-refractivity contribution in [2.24, 2.45) is 82.9 Å². The summed E-state index contributed by atoms with van der Waals surface area (Å²) in [5.41, 5.74) is 0. The Balaban J connectivity index is 0.00000132. The van der Waals surface area contributed by atoms with E-state index in [9.17, 15) is 0 Å². The molecule has 21 aliphatic heterocycles. The van der Waals surface area contributed by atoms with Gasteiger partial charge in [0.15, 0.2) is 44.0 Å². The summed E-state index contributed by atoms with van der Waals surface area (Å²) in [6.07, 6.45) is -0.247. The van der Waals surface area contributed by atoms with E-state index in [4.69, 9.17) is 66.3 Å². The van der Waals surface area contributed by atoms with Gasteiger partial charge in [-0.05, 0) is 89.9 Å². The van der Waals surface area contributed by atoms with Crippen molar-refractivity contribution in [1.82, 2.24) is 0 Å². The Kier molecular flexibility index (Phi) is 22.2. The molecule has 0 aromatic rings. The molecule has 21 rings (SSSR count). The van der Waals surface area contributed by atoms with Crippen molar-refractivity contribution in [2.45, 2.75) is 314 Å². The molecule has 0 saturated carbocycles. The molecular weight excluding hydrogens is 969 g/mol. The number of hydrogen-bond acceptors (Lipinski definition) is 14. The van der Waals surface area contributed by atoms with Gasteiger partial charge in [-0.1, -0.05) is 136 Å². The van der Waals surface area contributed by atoms with Crippen molar-refractivity contribution in [3.63, 3.8) is 0 Å². The molecule has 0 aliphatic carbocycles. The minimum Gasteiger partial charge on any atom is -0.347 e. The summed E-state index contributed by atoms with van der Waals surface area (Å²) < 4.78 is 96.1. The first-order chi connectivity index (χ1) is 35.8. The Morgan fingerprint density at radius 1 is 0.171 bits per heavy atom. The lowest BCUT2D eigenvalue weighted by atomic mass is 9.81. The van der Waals surface area contributed by atoms with Crippen LogP contribution in [0.2, 0.25) is 0 Å². The summed E-state index contributed by atoms with van der Waals surface area (Å²) in [6, 6.07) is 0.